The molecular weight excluding hydrogens is 597 g/mol. The van der Waals surface area contributed by atoms with E-state index in [1.54, 1.807) is 0 Å². The van der Waals surface area contributed by atoms with Crippen LogP contribution in [-0.2, 0) is 5.41 Å². The highest BCUT2D eigenvalue weighted by Gasteiger charge is 2.45. The zero-order valence-corrected chi connectivity index (χ0v) is 26.8. The topological polar surface area (TPSA) is 22.4 Å². The summed E-state index contributed by atoms with van der Waals surface area (Å²) in [6.45, 7) is 0. The van der Waals surface area contributed by atoms with Gasteiger partial charge in [-0.05, 0) is 57.6 Å². The van der Waals surface area contributed by atoms with Gasteiger partial charge in [0.25, 0.3) is 0 Å². The molecule has 0 amide bonds. The van der Waals surface area contributed by atoms with Crippen molar-refractivity contribution >= 4 is 0 Å². The average Bonchev–Trinajstić information content (AvgIpc) is 3.68. The van der Waals surface area contributed by atoms with Gasteiger partial charge in [0.15, 0.2) is 0 Å². The molecule has 0 aliphatic carbocycles. The van der Waals surface area contributed by atoms with Crippen LogP contribution in [0.4, 0.5) is 0 Å². The Kier molecular flexibility index (Phi) is 7.06. The van der Waals surface area contributed by atoms with Gasteiger partial charge >= 0.3 is 0 Å². The molecule has 0 saturated carbocycles. The van der Waals surface area contributed by atoms with Gasteiger partial charge in [0.2, 0.25) is 0 Å². The lowest BCUT2D eigenvalue weighted by molar-refractivity contribution is 0.434. The standard InChI is InChI=1S/C47H32O2/c1-4-14-33(15-5-1)34-24-26-35(27-25-34)39-20-10-11-21-40(39)44-31-30-43(48-44)36-28-29-42-46(32-36)49-45-23-13-12-22-41(45)47(42,37-16-6-2-7-17-37)38-18-8-3-9-19-38/h1-32H. The van der Waals surface area contributed by atoms with Gasteiger partial charge in [0, 0.05) is 22.3 Å². The SMILES string of the molecule is c1ccc(-c2ccc(-c3ccccc3-c3ccc(-c4ccc5c(c4)Oc4ccccc4C5(c4ccccc4)c4ccccc4)o3)cc2)cc1. The molecule has 0 bridgehead atoms. The molecule has 1 aliphatic rings. The number of furan rings is 1. The maximum absolute atomic E-state index is 6.71. The molecule has 0 N–H and O–H groups in total. The number of rotatable bonds is 6. The lowest BCUT2D eigenvalue weighted by Crippen LogP contribution is -2.34. The Morgan fingerprint density at radius 3 is 1.55 bits per heavy atom. The first kappa shape index (κ1) is 28.8. The molecular formula is C47H32O2. The van der Waals surface area contributed by atoms with E-state index < -0.39 is 5.41 Å². The fourth-order valence-electron chi connectivity index (χ4n) is 7.42. The molecule has 49 heavy (non-hydrogen) atoms. The molecule has 2 heterocycles. The van der Waals surface area contributed by atoms with Crippen LogP contribution in [0, 0.1) is 0 Å². The maximum Gasteiger partial charge on any atom is 0.135 e. The zero-order chi connectivity index (χ0) is 32.6. The number of fused-ring (bicyclic) bond motifs is 2. The Balaban J connectivity index is 1.12. The number of ether oxygens (including phenoxy) is 1. The van der Waals surface area contributed by atoms with E-state index in [2.05, 4.69) is 182 Å². The third-order valence-electron chi connectivity index (χ3n) is 9.70. The van der Waals surface area contributed by atoms with Crippen molar-refractivity contribution in [2.45, 2.75) is 5.41 Å². The highest BCUT2D eigenvalue weighted by atomic mass is 16.5. The van der Waals surface area contributed by atoms with Crippen LogP contribution in [-0.4, -0.2) is 0 Å². The number of hydrogen-bond acceptors (Lipinski definition) is 2. The van der Waals surface area contributed by atoms with Gasteiger partial charge in [0.05, 0.1) is 5.41 Å². The van der Waals surface area contributed by atoms with Gasteiger partial charge in [-0.1, -0.05) is 170 Å². The Bertz CT molecular complexity index is 2350. The summed E-state index contributed by atoms with van der Waals surface area (Å²) < 4.78 is 13.3. The minimum Gasteiger partial charge on any atom is -0.457 e. The third-order valence-corrected chi connectivity index (χ3v) is 9.70. The molecule has 2 nitrogen and oxygen atoms in total. The van der Waals surface area contributed by atoms with Crippen LogP contribution < -0.4 is 4.74 Å². The summed E-state index contributed by atoms with van der Waals surface area (Å²) >= 11 is 0. The smallest absolute Gasteiger partial charge is 0.135 e. The van der Waals surface area contributed by atoms with Gasteiger partial charge in [-0.3, -0.25) is 0 Å². The second kappa shape index (κ2) is 12.0. The zero-order valence-electron chi connectivity index (χ0n) is 26.8. The molecule has 0 radical (unpaired) electrons. The minimum atomic E-state index is -0.547. The molecule has 0 unspecified atom stereocenters. The second-order valence-electron chi connectivity index (χ2n) is 12.4. The summed E-state index contributed by atoms with van der Waals surface area (Å²) in [5, 5.41) is 0. The van der Waals surface area contributed by atoms with E-state index in [-0.39, 0.29) is 0 Å². The minimum absolute atomic E-state index is 0.547. The lowest BCUT2D eigenvalue weighted by atomic mass is 9.63. The van der Waals surface area contributed by atoms with Crippen molar-refractivity contribution in [2.75, 3.05) is 0 Å². The summed E-state index contributed by atoms with van der Waals surface area (Å²) in [6.07, 6.45) is 0. The first-order valence-electron chi connectivity index (χ1n) is 16.7. The summed E-state index contributed by atoms with van der Waals surface area (Å²) in [7, 11) is 0. The van der Waals surface area contributed by atoms with E-state index in [4.69, 9.17) is 9.15 Å². The monoisotopic (exact) mass is 628 g/mol. The third kappa shape index (κ3) is 4.89. The first-order chi connectivity index (χ1) is 24.3. The molecule has 8 aromatic rings. The number of hydrogen-bond donors (Lipinski definition) is 0. The average molecular weight is 629 g/mol. The van der Waals surface area contributed by atoms with E-state index in [0.717, 1.165) is 56.4 Å². The molecule has 0 atom stereocenters. The van der Waals surface area contributed by atoms with Gasteiger partial charge < -0.3 is 9.15 Å². The van der Waals surface area contributed by atoms with E-state index in [1.807, 2.05) is 12.1 Å². The molecule has 7 aromatic carbocycles. The van der Waals surface area contributed by atoms with Crippen LogP contribution in [0.15, 0.2) is 199 Å². The van der Waals surface area contributed by atoms with Crippen molar-refractivity contribution in [1.82, 2.24) is 0 Å². The molecule has 1 aliphatic heterocycles. The highest BCUT2D eigenvalue weighted by molar-refractivity contribution is 5.83. The predicted molar refractivity (Wildman–Crippen MR) is 199 cm³/mol. The first-order valence-corrected chi connectivity index (χ1v) is 16.7. The van der Waals surface area contributed by atoms with Crippen LogP contribution in [0.1, 0.15) is 22.3 Å². The largest absolute Gasteiger partial charge is 0.457 e. The molecule has 232 valence electrons. The van der Waals surface area contributed by atoms with Crippen molar-refractivity contribution in [1.29, 1.82) is 0 Å². The van der Waals surface area contributed by atoms with E-state index >= 15 is 0 Å². The summed E-state index contributed by atoms with van der Waals surface area (Å²) in [6, 6.07) is 68.2. The van der Waals surface area contributed by atoms with E-state index in [9.17, 15) is 0 Å². The van der Waals surface area contributed by atoms with Gasteiger partial charge in [-0.15, -0.1) is 0 Å². The Hall–Kier alpha value is -6.38. The highest BCUT2D eigenvalue weighted by Crippen LogP contribution is 2.55. The second-order valence-corrected chi connectivity index (χ2v) is 12.4. The van der Waals surface area contributed by atoms with Crippen LogP contribution in [0.3, 0.4) is 0 Å². The van der Waals surface area contributed by atoms with Gasteiger partial charge in [-0.2, -0.15) is 0 Å². The molecule has 0 spiro atoms. The molecule has 9 rings (SSSR count). The van der Waals surface area contributed by atoms with Crippen LogP contribution in [0.2, 0.25) is 0 Å². The normalized spacial score (nSPS) is 12.8. The van der Waals surface area contributed by atoms with Crippen molar-refractivity contribution in [3.8, 4) is 56.4 Å². The fourth-order valence-corrected chi connectivity index (χ4v) is 7.42. The molecule has 0 fully saturated rings. The Morgan fingerprint density at radius 1 is 0.327 bits per heavy atom. The van der Waals surface area contributed by atoms with Gasteiger partial charge in [0.1, 0.15) is 23.0 Å². The summed E-state index contributed by atoms with van der Waals surface area (Å²) in [5.74, 6) is 3.29. The number of para-hydroxylation sites is 1. The van der Waals surface area contributed by atoms with Crippen molar-refractivity contribution in [2.24, 2.45) is 0 Å². The van der Waals surface area contributed by atoms with E-state index in [1.165, 1.54) is 22.3 Å². The van der Waals surface area contributed by atoms with Crippen molar-refractivity contribution in [3.05, 3.63) is 216 Å². The quantitative estimate of drug-likeness (QED) is 0.183. The van der Waals surface area contributed by atoms with Crippen LogP contribution in [0.25, 0.3) is 44.9 Å². The predicted octanol–water partition coefficient (Wildman–Crippen LogP) is 12.4. The molecule has 2 heteroatoms. The number of benzene rings is 7. The fraction of sp³-hybridized carbons (Fsp3) is 0.0213. The Labute approximate surface area is 286 Å². The van der Waals surface area contributed by atoms with E-state index in [0.29, 0.717) is 0 Å². The molecule has 0 saturated heterocycles. The van der Waals surface area contributed by atoms with Crippen LogP contribution >= 0.6 is 0 Å². The maximum atomic E-state index is 6.71. The van der Waals surface area contributed by atoms with Crippen LogP contribution in [0.5, 0.6) is 11.5 Å². The van der Waals surface area contributed by atoms with Crippen molar-refractivity contribution < 1.29 is 9.15 Å². The molecule has 1 aromatic heterocycles. The lowest BCUT2D eigenvalue weighted by Gasteiger charge is -2.41. The van der Waals surface area contributed by atoms with Crippen molar-refractivity contribution in [3.63, 3.8) is 0 Å². The Morgan fingerprint density at radius 2 is 0.837 bits per heavy atom. The summed E-state index contributed by atoms with van der Waals surface area (Å²) in [4.78, 5) is 0. The summed E-state index contributed by atoms with van der Waals surface area (Å²) in [5.41, 5.74) is 10.8. The van der Waals surface area contributed by atoms with Gasteiger partial charge in [-0.25, -0.2) is 0 Å².